The molecular formula is C18H16BrN3O4S2. The van der Waals surface area contributed by atoms with Crippen molar-refractivity contribution >= 4 is 66.7 Å². The Hall–Kier alpha value is -2.43. The summed E-state index contributed by atoms with van der Waals surface area (Å²) in [6.45, 7) is 3.12. The fourth-order valence-corrected chi connectivity index (χ4v) is 4.99. The number of hydrogen-bond donors (Lipinski definition) is 2. The van der Waals surface area contributed by atoms with Gasteiger partial charge in [0.05, 0.1) is 0 Å². The quantitative estimate of drug-likeness (QED) is 0.529. The summed E-state index contributed by atoms with van der Waals surface area (Å²) in [5.74, 6) is 0.154. The molecule has 0 fully saturated rings. The van der Waals surface area contributed by atoms with Gasteiger partial charge in [0.25, 0.3) is 10.0 Å². The fourth-order valence-electron chi connectivity index (χ4n) is 2.31. The van der Waals surface area contributed by atoms with E-state index in [9.17, 15) is 13.2 Å². The summed E-state index contributed by atoms with van der Waals surface area (Å²) in [4.78, 5) is 12.0. The molecule has 28 heavy (non-hydrogen) atoms. The van der Waals surface area contributed by atoms with E-state index in [1.807, 2.05) is 6.07 Å². The maximum atomic E-state index is 12.6. The van der Waals surface area contributed by atoms with Gasteiger partial charge in [-0.05, 0) is 49.4 Å². The van der Waals surface area contributed by atoms with Crippen LogP contribution in [0, 0.1) is 6.92 Å². The van der Waals surface area contributed by atoms with E-state index in [4.69, 9.17) is 4.52 Å². The average molecular weight is 482 g/mol. The van der Waals surface area contributed by atoms with Crippen LogP contribution in [-0.2, 0) is 14.8 Å². The molecule has 2 aromatic heterocycles. The predicted molar refractivity (Wildman–Crippen MR) is 114 cm³/mol. The van der Waals surface area contributed by atoms with Gasteiger partial charge in [0.15, 0.2) is 5.76 Å². The number of amides is 1. The van der Waals surface area contributed by atoms with E-state index in [1.54, 1.807) is 43.3 Å². The van der Waals surface area contributed by atoms with Crippen molar-refractivity contribution in [2.45, 2.75) is 18.1 Å². The van der Waals surface area contributed by atoms with Gasteiger partial charge in [0, 0.05) is 22.0 Å². The molecule has 0 spiro atoms. The molecule has 2 heterocycles. The number of aryl methyl sites for hydroxylation is 1. The molecule has 1 amide bonds. The van der Waals surface area contributed by atoms with Gasteiger partial charge in [-0.1, -0.05) is 27.2 Å². The molecule has 2 N–H and O–H groups in total. The summed E-state index contributed by atoms with van der Waals surface area (Å²) in [6, 6.07) is 10.1. The smallest absolute Gasteiger partial charge is 0.271 e. The van der Waals surface area contributed by atoms with Crippen LogP contribution in [0.4, 0.5) is 11.4 Å². The number of nitrogens with zero attached hydrogens (tertiary/aromatic N) is 1. The number of benzene rings is 1. The summed E-state index contributed by atoms with van der Waals surface area (Å²) in [5, 5.41) is 6.50. The van der Waals surface area contributed by atoms with Crippen LogP contribution < -0.4 is 10.0 Å². The van der Waals surface area contributed by atoms with Crippen LogP contribution in [0.25, 0.3) is 12.2 Å². The van der Waals surface area contributed by atoms with E-state index in [0.29, 0.717) is 27.7 Å². The number of halogens is 1. The third kappa shape index (κ3) is 4.89. The van der Waals surface area contributed by atoms with Gasteiger partial charge < -0.3 is 9.84 Å². The molecule has 7 nitrogen and oxygen atoms in total. The number of thiophene rings is 1. The molecule has 0 aliphatic heterocycles. The fraction of sp³-hybridized carbons (Fsp3) is 0.111. The Morgan fingerprint density at radius 1 is 1.25 bits per heavy atom. The number of hydrogen-bond acceptors (Lipinski definition) is 6. The number of rotatable bonds is 6. The molecule has 0 saturated carbocycles. The van der Waals surface area contributed by atoms with Crippen LogP contribution in [0.3, 0.4) is 0 Å². The maximum Gasteiger partial charge on any atom is 0.271 e. The first-order valence-corrected chi connectivity index (χ1v) is 11.1. The Bertz CT molecular complexity index is 1150. The van der Waals surface area contributed by atoms with Crippen LogP contribution in [0.1, 0.15) is 23.3 Å². The van der Waals surface area contributed by atoms with Gasteiger partial charge in [-0.25, -0.2) is 8.42 Å². The minimum absolute atomic E-state index is 0.183. The van der Waals surface area contributed by atoms with Crippen LogP contribution in [0.2, 0.25) is 0 Å². The number of anilines is 2. The molecule has 0 aliphatic carbocycles. The molecule has 0 saturated heterocycles. The van der Waals surface area contributed by atoms with Crippen LogP contribution in [-0.4, -0.2) is 19.5 Å². The summed E-state index contributed by atoms with van der Waals surface area (Å²) < 4.78 is 33.8. The zero-order valence-electron chi connectivity index (χ0n) is 14.9. The zero-order valence-corrected chi connectivity index (χ0v) is 18.1. The molecule has 3 aromatic rings. The molecule has 0 bridgehead atoms. The molecule has 0 unspecified atom stereocenters. The van der Waals surface area contributed by atoms with Crippen molar-refractivity contribution in [3.63, 3.8) is 0 Å². The van der Waals surface area contributed by atoms with E-state index in [0.717, 1.165) is 15.8 Å². The molecular weight excluding hydrogens is 466 g/mol. The normalized spacial score (nSPS) is 11.7. The molecule has 3 rings (SSSR count). The highest BCUT2D eigenvalue weighted by Crippen LogP contribution is 2.28. The van der Waals surface area contributed by atoms with Crippen molar-refractivity contribution in [1.82, 2.24) is 5.16 Å². The van der Waals surface area contributed by atoms with Crippen molar-refractivity contribution in [2.75, 3.05) is 10.0 Å². The highest BCUT2D eigenvalue weighted by Gasteiger charge is 2.17. The highest BCUT2D eigenvalue weighted by atomic mass is 79.9. The van der Waals surface area contributed by atoms with Gasteiger partial charge in [-0.3, -0.25) is 9.52 Å². The van der Waals surface area contributed by atoms with Crippen molar-refractivity contribution in [3.8, 4) is 0 Å². The van der Waals surface area contributed by atoms with Crippen molar-refractivity contribution < 1.29 is 17.7 Å². The zero-order chi connectivity index (χ0) is 20.3. The second-order valence-electron chi connectivity index (χ2n) is 5.79. The van der Waals surface area contributed by atoms with E-state index >= 15 is 0 Å². The topological polar surface area (TPSA) is 101 Å². The predicted octanol–water partition coefficient (Wildman–Crippen LogP) is 4.74. The van der Waals surface area contributed by atoms with E-state index in [2.05, 4.69) is 31.1 Å². The van der Waals surface area contributed by atoms with Crippen molar-refractivity contribution in [3.05, 3.63) is 57.2 Å². The van der Waals surface area contributed by atoms with Crippen LogP contribution in [0.15, 0.2) is 49.6 Å². The Labute approximate surface area is 174 Å². The average Bonchev–Trinajstić information content (AvgIpc) is 3.21. The summed E-state index contributed by atoms with van der Waals surface area (Å²) in [5.41, 5.74) is 1.52. The summed E-state index contributed by atoms with van der Waals surface area (Å²) in [7, 11) is -3.69. The molecule has 0 atom stereocenters. The van der Waals surface area contributed by atoms with E-state index < -0.39 is 10.0 Å². The molecule has 10 heteroatoms. The number of carbonyl (C=O) groups excluding carboxylic acids is 1. The standard InChI is InChI=1S/C18H16BrN3O4S2/c1-11-18(20-12(2)23)16(26-21-11)8-6-15-7-9-17(27-15)28(24,25)22-14-5-3-4-13(19)10-14/h3-10,22H,1-2H3,(H,20,23). The second kappa shape index (κ2) is 8.29. The van der Waals surface area contributed by atoms with Crippen molar-refractivity contribution in [2.24, 2.45) is 0 Å². The Morgan fingerprint density at radius 2 is 2.04 bits per heavy atom. The highest BCUT2D eigenvalue weighted by molar-refractivity contribution is 9.10. The van der Waals surface area contributed by atoms with Gasteiger partial charge in [0.2, 0.25) is 5.91 Å². The summed E-state index contributed by atoms with van der Waals surface area (Å²) in [6.07, 6.45) is 3.34. The van der Waals surface area contributed by atoms with Gasteiger partial charge >= 0.3 is 0 Å². The minimum atomic E-state index is -3.69. The molecule has 146 valence electrons. The first-order valence-electron chi connectivity index (χ1n) is 8.05. The van der Waals surface area contributed by atoms with Gasteiger partial charge in [-0.15, -0.1) is 11.3 Å². The Morgan fingerprint density at radius 3 is 2.75 bits per heavy atom. The van der Waals surface area contributed by atoms with Gasteiger partial charge in [-0.2, -0.15) is 0 Å². The van der Waals surface area contributed by atoms with Gasteiger partial charge in [0.1, 0.15) is 15.6 Å². The molecule has 0 aliphatic rings. The van der Waals surface area contributed by atoms with Crippen LogP contribution in [0.5, 0.6) is 0 Å². The minimum Gasteiger partial charge on any atom is -0.354 e. The summed E-state index contributed by atoms with van der Waals surface area (Å²) >= 11 is 4.42. The first-order chi connectivity index (χ1) is 13.2. The van der Waals surface area contributed by atoms with Crippen molar-refractivity contribution in [1.29, 1.82) is 0 Å². The monoisotopic (exact) mass is 481 g/mol. The lowest BCUT2D eigenvalue weighted by molar-refractivity contribution is -0.114. The lowest BCUT2D eigenvalue weighted by Gasteiger charge is -2.06. The molecule has 1 aromatic carbocycles. The number of nitrogens with one attached hydrogen (secondary N) is 2. The second-order valence-corrected chi connectivity index (χ2v) is 9.73. The SMILES string of the molecule is CC(=O)Nc1c(C)noc1C=Cc1ccc(S(=O)(=O)Nc2cccc(Br)c2)s1. The maximum absolute atomic E-state index is 12.6. The lowest BCUT2D eigenvalue weighted by atomic mass is 10.2. The van der Waals surface area contributed by atoms with E-state index in [-0.39, 0.29) is 10.1 Å². The lowest BCUT2D eigenvalue weighted by Crippen LogP contribution is -2.11. The number of carbonyl (C=O) groups is 1. The number of aromatic nitrogens is 1. The third-order valence-corrected chi connectivity index (χ3v) is 6.95. The Balaban J connectivity index is 1.79. The van der Waals surface area contributed by atoms with E-state index in [1.165, 1.54) is 13.0 Å². The third-order valence-electron chi connectivity index (χ3n) is 3.53. The largest absolute Gasteiger partial charge is 0.354 e. The first kappa shape index (κ1) is 20.3. The van der Waals surface area contributed by atoms with Crippen LogP contribution >= 0.6 is 27.3 Å². The molecule has 0 radical (unpaired) electrons. The Kier molecular flexibility index (Phi) is 6.01. The number of sulfonamides is 1.